The standard InChI is InChI=1S/C25H33ClO4/c1-3-5-21(4-2)29-22-9-6-17(7-10-22)12-19-13-18(8-11-24(19)26)25-15-20(28)14-23(16-27)30-25/h6-11,13,20-21,23,25,27-28H,3-5,12,14-16H2,1-2H3/t20-,21-,23-,25+/m0/s1. The predicted molar refractivity (Wildman–Crippen MR) is 120 cm³/mol. The number of hydrogen-bond acceptors (Lipinski definition) is 4. The molecule has 1 heterocycles. The second kappa shape index (κ2) is 11.1. The van der Waals surface area contributed by atoms with Crippen molar-refractivity contribution >= 4 is 11.6 Å². The van der Waals surface area contributed by atoms with Crippen molar-refractivity contribution in [3.8, 4) is 5.75 Å². The van der Waals surface area contributed by atoms with Crippen molar-refractivity contribution in [1.82, 2.24) is 0 Å². The molecule has 2 N–H and O–H groups in total. The Morgan fingerprint density at radius 2 is 1.90 bits per heavy atom. The first-order valence-electron chi connectivity index (χ1n) is 11.0. The molecule has 0 unspecified atom stereocenters. The van der Waals surface area contributed by atoms with Crippen LogP contribution in [0.1, 0.15) is 68.7 Å². The largest absolute Gasteiger partial charge is 0.490 e. The molecule has 0 spiro atoms. The first kappa shape index (κ1) is 23.1. The Kier molecular flexibility index (Phi) is 8.58. The highest BCUT2D eigenvalue weighted by molar-refractivity contribution is 6.31. The minimum atomic E-state index is -0.466. The van der Waals surface area contributed by atoms with E-state index in [1.807, 2.05) is 24.3 Å². The zero-order valence-electron chi connectivity index (χ0n) is 17.9. The Morgan fingerprint density at radius 3 is 2.57 bits per heavy atom. The van der Waals surface area contributed by atoms with Gasteiger partial charge in [-0.05, 0) is 54.2 Å². The molecule has 0 bridgehead atoms. The molecule has 0 aliphatic carbocycles. The first-order valence-corrected chi connectivity index (χ1v) is 11.4. The summed E-state index contributed by atoms with van der Waals surface area (Å²) in [5.74, 6) is 0.901. The van der Waals surface area contributed by atoms with Crippen LogP contribution in [-0.4, -0.2) is 35.1 Å². The maximum atomic E-state index is 10.1. The van der Waals surface area contributed by atoms with Gasteiger partial charge in [-0.15, -0.1) is 0 Å². The number of aliphatic hydroxyl groups excluding tert-OH is 2. The van der Waals surface area contributed by atoms with Gasteiger partial charge in [0.2, 0.25) is 0 Å². The molecule has 1 aliphatic heterocycles. The lowest BCUT2D eigenvalue weighted by molar-refractivity contribution is -0.113. The van der Waals surface area contributed by atoms with Crippen LogP contribution in [0.15, 0.2) is 42.5 Å². The third-order valence-corrected chi connectivity index (χ3v) is 6.08. The van der Waals surface area contributed by atoms with Gasteiger partial charge in [0.05, 0.1) is 31.0 Å². The summed E-state index contributed by atoms with van der Waals surface area (Å²) in [4.78, 5) is 0. The van der Waals surface area contributed by atoms with Crippen LogP contribution in [-0.2, 0) is 11.2 Å². The molecule has 0 amide bonds. The van der Waals surface area contributed by atoms with Crippen LogP contribution in [0.5, 0.6) is 5.75 Å². The van der Waals surface area contributed by atoms with Crippen molar-refractivity contribution in [2.75, 3.05) is 6.61 Å². The fourth-order valence-electron chi connectivity index (χ4n) is 4.02. The Balaban J connectivity index is 1.70. The molecule has 164 valence electrons. The number of halogens is 1. The molecule has 0 radical (unpaired) electrons. The fraction of sp³-hybridized carbons (Fsp3) is 0.520. The van der Waals surface area contributed by atoms with Crippen molar-refractivity contribution in [3.05, 3.63) is 64.2 Å². The zero-order chi connectivity index (χ0) is 21.5. The topological polar surface area (TPSA) is 58.9 Å². The minimum absolute atomic E-state index is 0.0838. The molecular formula is C25H33ClO4. The third kappa shape index (κ3) is 6.21. The average Bonchev–Trinajstić information content (AvgIpc) is 2.75. The molecule has 0 aromatic heterocycles. The van der Waals surface area contributed by atoms with Gasteiger partial charge in [-0.2, -0.15) is 0 Å². The monoisotopic (exact) mass is 432 g/mol. The van der Waals surface area contributed by atoms with E-state index in [2.05, 4.69) is 32.0 Å². The maximum Gasteiger partial charge on any atom is 0.119 e. The van der Waals surface area contributed by atoms with Crippen molar-refractivity contribution < 1.29 is 19.7 Å². The summed E-state index contributed by atoms with van der Waals surface area (Å²) in [5.41, 5.74) is 3.16. The maximum absolute atomic E-state index is 10.1. The molecule has 4 atom stereocenters. The highest BCUT2D eigenvalue weighted by Gasteiger charge is 2.29. The molecule has 1 fully saturated rings. The average molecular weight is 433 g/mol. The number of hydrogen-bond donors (Lipinski definition) is 2. The van der Waals surface area contributed by atoms with Gasteiger partial charge in [-0.1, -0.05) is 56.1 Å². The van der Waals surface area contributed by atoms with E-state index >= 15 is 0 Å². The first-order chi connectivity index (χ1) is 14.5. The van der Waals surface area contributed by atoms with E-state index in [0.29, 0.717) is 24.3 Å². The van der Waals surface area contributed by atoms with E-state index in [1.54, 1.807) is 0 Å². The normalized spacial score (nSPS) is 22.6. The second-order valence-corrected chi connectivity index (χ2v) is 8.57. The zero-order valence-corrected chi connectivity index (χ0v) is 18.6. The SMILES string of the molecule is CCC[C@H](CC)Oc1ccc(Cc2cc([C@H]3C[C@@H](O)C[C@@H](CO)O3)ccc2Cl)cc1. The van der Waals surface area contributed by atoms with Crippen molar-refractivity contribution in [3.63, 3.8) is 0 Å². The van der Waals surface area contributed by atoms with Gasteiger partial charge in [-0.25, -0.2) is 0 Å². The Hall–Kier alpha value is -1.59. The van der Waals surface area contributed by atoms with E-state index in [1.165, 1.54) is 0 Å². The third-order valence-electron chi connectivity index (χ3n) is 5.71. The molecule has 1 saturated heterocycles. The van der Waals surface area contributed by atoms with Crippen molar-refractivity contribution in [2.24, 2.45) is 0 Å². The number of ether oxygens (including phenoxy) is 2. The molecule has 5 heteroatoms. The highest BCUT2D eigenvalue weighted by Crippen LogP contribution is 2.34. The molecule has 2 aromatic rings. The molecule has 4 nitrogen and oxygen atoms in total. The lowest BCUT2D eigenvalue weighted by atomic mass is 9.94. The summed E-state index contributed by atoms with van der Waals surface area (Å²) in [6, 6.07) is 14.1. The Bertz CT molecular complexity index is 792. The van der Waals surface area contributed by atoms with E-state index in [0.717, 1.165) is 41.7 Å². The van der Waals surface area contributed by atoms with Crippen LogP contribution in [0.4, 0.5) is 0 Å². The van der Waals surface area contributed by atoms with Crippen LogP contribution in [0, 0.1) is 0 Å². The fourth-order valence-corrected chi connectivity index (χ4v) is 4.20. The van der Waals surface area contributed by atoms with Gasteiger partial charge < -0.3 is 19.7 Å². The van der Waals surface area contributed by atoms with E-state index in [9.17, 15) is 10.2 Å². The molecule has 3 rings (SSSR count). The smallest absolute Gasteiger partial charge is 0.119 e. The molecule has 2 aromatic carbocycles. The summed E-state index contributed by atoms with van der Waals surface area (Å²) in [7, 11) is 0. The Morgan fingerprint density at radius 1 is 1.13 bits per heavy atom. The Labute approximate surface area is 184 Å². The number of rotatable bonds is 9. The van der Waals surface area contributed by atoms with Crippen LogP contribution in [0.3, 0.4) is 0 Å². The van der Waals surface area contributed by atoms with Gasteiger partial charge >= 0.3 is 0 Å². The molecule has 30 heavy (non-hydrogen) atoms. The van der Waals surface area contributed by atoms with E-state index in [4.69, 9.17) is 21.1 Å². The van der Waals surface area contributed by atoms with Crippen LogP contribution in [0.2, 0.25) is 5.02 Å². The van der Waals surface area contributed by atoms with Gasteiger partial charge in [-0.3, -0.25) is 0 Å². The van der Waals surface area contributed by atoms with Crippen LogP contribution in [0.25, 0.3) is 0 Å². The molecule has 1 aliphatic rings. The van der Waals surface area contributed by atoms with E-state index < -0.39 is 6.10 Å². The molecular weight excluding hydrogens is 400 g/mol. The number of benzene rings is 2. The quantitative estimate of drug-likeness (QED) is 0.552. The van der Waals surface area contributed by atoms with Crippen LogP contribution < -0.4 is 4.74 Å². The summed E-state index contributed by atoms with van der Waals surface area (Å²) < 4.78 is 12.0. The van der Waals surface area contributed by atoms with Gasteiger partial charge in [0.15, 0.2) is 0 Å². The lowest BCUT2D eigenvalue weighted by Crippen LogP contribution is -2.33. The van der Waals surface area contributed by atoms with Crippen molar-refractivity contribution in [1.29, 1.82) is 0 Å². The molecule has 0 saturated carbocycles. The second-order valence-electron chi connectivity index (χ2n) is 8.16. The predicted octanol–water partition coefficient (Wildman–Crippen LogP) is 5.46. The number of aliphatic hydroxyl groups is 2. The minimum Gasteiger partial charge on any atom is -0.490 e. The lowest BCUT2D eigenvalue weighted by Gasteiger charge is -2.32. The van der Waals surface area contributed by atoms with Crippen LogP contribution >= 0.6 is 11.6 Å². The van der Waals surface area contributed by atoms with Gasteiger partial charge in [0.25, 0.3) is 0 Å². The highest BCUT2D eigenvalue weighted by atomic mass is 35.5. The summed E-state index contributed by atoms with van der Waals surface area (Å²) in [5, 5.41) is 20.2. The summed E-state index contributed by atoms with van der Waals surface area (Å²) >= 11 is 6.47. The van der Waals surface area contributed by atoms with Crippen molar-refractivity contribution in [2.45, 2.75) is 76.8 Å². The van der Waals surface area contributed by atoms with E-state index in [-0.39, 0.29) is 24.9 Å². The summed E-state index contributed by atoms with van der Waals surface area (Å²) in [6.45, 7) is 4.25. The van der Waals surface area contributed by atoms with Gasteiger partial charge in [0, 0.05) is 17.9 Å². The summed E-state index contributed by atoms with van der Waals surface area (Å²) in [6.07, 6.45) is 4.13. The van der Waals surface area contributed by atoms with Gasteiger partial charge in [0.1, 0.15) is 5.75 Å².